The molecule has 2 unspecified atom stereocenters. The Hall–Kier alpha value is -5.74. The second kappa shape index (κ2) is 18.4. The zero-order valence-corrected chi connectivity index (χ0v) is 26.9. The van der Waals surface area contributed by atoms with E-state index in [1.165, 1.54) is 0 Å². The van der Waals surface area contributed by atoms with Crippen molar-refractivity contribution in [1.82, 2.24) is 0 Å². The average Bonchev–Trinajstić information content (AvgIpc) is 3.17. The number of ether oxygens (including phenoxy) is 2. The van der Waals surface area contributed by atoms with Gasteiger partial charge < -0.3 is 9.47 Å². The standard InChI is InChI=1S/2C22H20O2/c2*23-22(24-17-19-12-6-2-7-13-19)21(20-14-8-3-9-15-20)16-18-10-4-1-5-11-18/h2*1-15,21H,16-17H2. The minimum absolute atomic E-state index is 0.186. The van der Waals surface area contributed by atoms with E-state index in [0.29, 0.717) is 26.1 Å². The number of hydrogen-bond donors (Lipinski definition) is 0. The van der Waals surface area contributed by atoms with Gasteiger partial charge in [-0.05, 0) is 46.2 Å². The third kappa shape index (κ3) is 10.7. The topological polar surface area (TPSA) is 52.6 Å². The molecule has 48 heavy (non-hydrogen) atoms. The third-order valence-electron chi connectivity index (χ3n) is 7.99. The number of hydrogen-bond acceptors (Lipinski definition) is 4. The van der Waals surface area contributed by atoms with Gasteiger partial charge in [-0.3, -0.25) is 9.59 Å². The molecule has 0 N–H and O–H groups in total. The quantitative estimate of drug-likeness (QED) is 0.126. The third-order valence-corrected chi connectivity index (χ3v) is 7.99. The molecule has 0 aromatic heterocycles. The average molecular weight is 633 g/mol. The van der Waals surface area contributed by atoms with E-state index in [1.807, 2.05) is 182 Å². The highest BCUT2D eigenvalue weighted by molar-refractivity contribution is 5.79. The lowest BCUT2D eigenvalue weighted by atomic mass is 9.92. The van der Waals surface area contributed by atoms with E-state index in [0.717, 1.165) is 33.4 Å². The summed E-state index contributed by atoms with van der Waals surface area (Å²) < 4.78 is 11.2. The minimum atomic E-state index is -0.294. The van der Waals surface area contributed by atoms with E-state index >= 15 is 0 Å². The van der Waals surface area contributed by atoms with Gasteiger partial charge in [-0.1, -0.05) is 182 Å². The van der Waals surface area contributed by atoms with Crippen LogP contribution in [0.1, 0.15) is 45.2 Å². The molecule has 6 rings (SSSR count). The highest BCUT2D eigenvalue weighted by Gasteiger charge is 2.23. The number of carbonyl (C=O) groups excluding carboxylic acids is 2. The van der Waals surface area contributed by atoms with Crippen LogP contribution in [0.5, 0.6) is 0 Å². The molecule has 6 aromatic carbocycles. The second-order valence-electron chi connectivity index (χ2n) is 11.5. The summed E-state index contributed by atoms with van der Waals surface area (Å²) in [7, 11) is 0. The van der Waals surface area contributed by atoms with Crippen LogP contribution in [0.4, 0.5) is 0 Å². The summed E-state index contributed by atoms with van der Waals surface area (Å²) in [6.45, 7) is 0.607. The van der Waals surface area contributed by atoms with E-state index in [4.69, 9.17) is 9.47 Å². The van der Waals surface area contributed by atoms with Crippen molar-refractivity contribution in [1.29, 1.82) is 0 Å². The van der Waals surface area contributed by atoms with Crippen LogP contribution in [0.15, 0.2) is 182 Å². The molecule has 0 amide bonds. The monoisotopic (exact) mass is 632 g/mol. The van der Waals surface area contributed by atoms with Crippen LogP contribution in [-0.4, -0.2) is 11.9 Å². The van der Waals surface area contributed by atoms with Crippen molar-refractivity contribution < 1.29 is 19.1 Å². The van der Waals surface area contributed by atoms with Crippen LogP contribution in [0.25, 0.3) is 0 Å². The Morgan fingerprint density at radius 2 is 0.604 bits per heavy atom. The van der Waals surface area contributed by atoms with Crippen LogP contribution >= 0.6 is 0 Å². The van der Waals surface area contributed by atoms with E-state index in [2.05, 4.69) is 0 Å². The summed E-state index contributed by atoms with van der Waals surface area (Å²) in [6, 6.07) is 59.3. The zero-order valence-electron chi connectivity index (χ0n) is 26.9. The van der Waals surface area contributed by atoms with Gasteiger partial charge in [0.25, 0.3) is 0 Å². The van der Waals surface area contributed by atoms with Crippen molar-refractivity contribution in [3.63, 3.8) is 0 Å². The highest BCUT2D eigenvalue weighted by atomic mass is 16.5. The molecule has 240 valence electrons. The van der Waals surface area contributed by atoms with Gasteiger partial charge in [0.2, 0.25) is 0 Å². The molecule has 0 spiro atoms. The molecule has 0 radical (unpaired) electrons. The second-order valence-corrected chi connectivity index (χ2v) is 11.5. The van der Waals surface area contributed by atoms with Gasteiger partial charge in [-0.15, -0.1) is 0 Å². The Kier molecular flexibility index (Phi) is 12.9. The molecule has 4 nitrogen and oxygen atoms in total. The van der Waals surface area contributed by atoms with Gasteiger partial charge in [0, 0.05) is 0 Å². The summed E-state index contributed by atoms with van der Waals surface area (Å²) in [5.41, 5.74) is 6.22. The Labute approximate surface area is 283 Å². The van der Waals surface area contributed by atoms with Crippen molar-refractivity contribution in [3.05, 3.63) is 215 Å². The van der Waals surface area contributed by atoms with Crippen LogP contribution in [0, 0.1) is 0 Å². The lowest BCUT2D eigenvalue weighted by Gasteiger charge is -2.17. The molecule has 0 bridgehead atoms. The van der Waals surface area contributed by atoms with E-state index < -0.39 is 0 Å². The molecule has 4 heteroatoms. The Bertz CT molecular complexity index is 1640. The predicted molar refractivity (Wildman–Crippen MR) is 191 cm³/mol. The smallest absolute Gasteiger partial charge is 0.314 e. The summed E-state index contributed by atoms with van der Waals surface area (Å²) >= 11 is 0. The molecule has 0 fully saturated rings. The summed E-state index contributed by atoms with van der Waals surface area (Å²) in [5.74, 6) is -0.961. The lowest BCUT2D eigenvalue weighted by Crippen LogP contribution is -2.18. The fourth-order valence-corrected chi connectivity index (χ4v) is 5.40. The maximum absolute atomic E-state index is 12.7. The molecular formula is C44H40O4. The first kappa shape index (κ1) is 33.6. The van der Waals surface area contributed by atoms with Crippen molar-refractivity contribution >= 4 is 11.9 Å². The fourth-order valence-electron chi connectivity index (χ4n) is 5.40. The van der Waals surface area contributed by atoms with Gasteiger partial charge in [0.15, 0.2) is 0 Å². The number of esters is 2. The Balaban J connectivity index is 0.000000188. The Morgan fingerprint density at radius 1 is 0.354 bits per heavy atom. The maximum Gasteiger partial charge on any atom is 0.314 e. The molecule has 0 saturated carbocycles. The van der Waals surface area contributed by atoms with Gasteiger partial charge in [0.05, 0.1) is 11.8 Å². The summed E-state index contributed by atoms with van der Waals surface area (Å²) in [5, 5.41) is 0. The largest absolute Gasteiger partial charge is 0.460 e. The first-order valence-electron chi connectivity index (χ1n) is 16.2. The lowest BCUT2D eigenvalue weighted by molar-refractivity contribution is -0.147. The first-order valence-corrected chi connectivity index (χ1v) is 16.2. The molecule has 6 aromatic rings. The van der Waals surface area contributed by atoms with Crippen molar-refractivity contribution in [2.75, 3.05) is 0 Å². The summed E-state index contributed by atoms with van der Waals surface area (Å²) in [4.78, 5) is 25.4. The highest BCUT2D eigenvalue weighted by Crippen LogP contribution is 2.24. The molecule has 0 aliphatic rings. The summed E-state index contributed by atoms with van der Waals surface area (Å²) in [6.07, 6.45) is 1.27. The van der Waals surface area contributed by atoms with Gasteiger partial charge in [0.1, 0.15) is 13.2 Å². The fraction of sp³-hybridized carbons (Fsp3) is 0.136. The maximum atomic E-state index is 12.7. The molecule has 0 saturated heterocycles. The molecule has 0 aliphatic heterocycles. The van der Waals surface area contributed by atoms with Gasteiger partial charge >= 0.3 is 11.9 Å². The zero-order chi connectivity index (χ0) is 33.2. The van der Waals surface area contributed by atoms with Crippen molar-refractivity contribution in [2.45, 2.75) is 37.9 Å². The number of carbonyl (C=O) groups is 2. The van der Waals surface area contributed by atoms with E-state index in [9.17, 15) is 9.59 Å². The minimum Gasteiger partial charge on any atom is -0.460 e. The van der Waals surface area contributed by atoms with Gasteiger partial charge in [-0.25, -0.2) is 0 Å². The van der Waals surface area contributed by atoms with Crippen LogP contribution in [0.3, 0.4) is 0 Å². The Morgan fingerprint density at radius 3 is 0.896 bits per heavy atom. The first-order chi connectivity index (χ1) is 23.7. The SMILES string of the molecule is O=C(OCc1ccccc1)C(Cc1ccccc1)c1ccccc1.O=C(OCc1ccccc1)C(Cc1ccccc1)c1ccccc1. The van der Waals surface area contributed by atoms with Crippen LogP contribution in [-0.2, 0) is 45.1 Å². The van der Waals surface area contributed by atoms with Crippen LogP contribution in [0.2, 0.25) is 0 Å². The van der Waals surface area contributed by atoms with E-state index in [-0.39, 0.29) is 23.8 Å². The van der Waals surface area contributed by atoms with Crippen molar-refractivity contribution in [3.8, 4) is 0 Å². The van der Waals surface area contributed by atoms with Gasteiger partial charge in [-0.2, -0.15) is 0 Å². The molecule has 0 aliphatic carbocycles. The normalized spacial score (nSPS) is 11.7. The molecular weight excluding hydrogens is 592 g/mol. The molecule has 0 heterocycles. The van der Waals surface area contributed by atoms with E-state index in [1.54, 1.807) is 0 Å². The predicted octanol–water partition coefficient (Wildman–Crippen LogP) is 9.51. The van der Waals surface area contributed by atoms with Crippen molar-refractivity contribution in [2.24, 2.45) is 0 Å². The number of benzene rings is 6. The van der Waals surface area contributed by atoms with Crippen LogP contribution < -0.4 is 0 Å². The molecule has 2 atom stereocenters. The number of rotatable bonds is 12.